The van der Waals surface area contributed by atoms with E-state index in [2.05, 4.69) is 4.72 Å². The Kier molecular flexibility index (Phi) is 5.72. The second-order valence-corrected chi connectivity index (χ2v) is 7.92. The van der Waals surface area contributed by atoms with Gasteiger partial charge in [-0.2, -0.15) is 0 Å². The lowest BCUT2D eigenvalue weighted by Crippen LogP contribution is -2.46. The largest absolute Gasteiger partial charge is 0.458 e. The molecule has 0 radical (unpaired) electrons. The zero-order valence-electron chi connectivity index (χ0n) is 13.5. The first kappa shape index (κ1) is 18.6. The van der Waals surface area contributed by atoms with Gasteiger partial charge in [0.25, 0.3) is 0 Å². The number of aliphatic hydroxyl groups is 1. The Morgan fingerprint density at radius 1 is 1.23 bits per heavy atom. The highest BCUT2D eigenvalue weighted by Gasteiger charge is 2.30. The van der Waals surface area contributed by atoms with E-state index >= 15 is 0 Å². The highest BCUT2D eigenvalue weighted by Crippen LogP contribution is 2.13. The average Bonchev–Trinajstić information content (AvgIpc) is 2.35. The Morgan fingerprint density at radius 3 is 2.18 bits per heavy atom. The molecule has 0 aromatic heterocycles. The number of nitrogens with one attached hydrogen (secondary N) is 1. The molecule has 1 aromatic carbocycles. The van der Waals surface area contributed by atoms with Gasteiger partial charge in [-0.3, -0.25) is 0 Å². The molecule has 0 unspecified atom stereocenters. The Morgan fingerprint density at radius 2 is 1.73 bits per heavy atom. The van der Waals surface area contributed by atoms with E-state index in [0.717, 1.165) is 5.56 Å². The van der Waals surface area contributed by atoms with Gasteiger partial charge < -0.3 is 9.84 Å². The molecule has 7 heteroatoms. The second-order valence-electron chi connectivity index (χ2n) is 6.20. The number of aryl methyl sites for hydroxylation is 1. The van der Waals surface area contributed by atoms with Gasteiger partial charge in [-0.05, 0) is 46.8 Å². The third-order valence-corrected chi connectivity index (χ3v) is 4.37. The van der Waals surface area contributed by atoms with Crippen LogP contribution in [0.2, 0.25) is 0 Å². The number of sulfonamides is 1. The Balaban J connectivity index is 2.80. The summed E-state index contributed by atoms with van der Waals surface area (Å²) in [5.41, 5.74) is 0.175. The van der Waals surface area contributed by atoms with Crippen molar-refractivity contribution >= 4 is 16.0 Å². The van der Waals surface area contributed by atoms with E-state index < -0.39 is 33.7 Å². The van der Waals surface area contributed by atoms with Crippen LogP contribution in [-0.2, 0) is 19.6 Å². The lowest BCUT2D eigenvalue weighted by atomic mass is 10.1. The molecule has 124 valence electrons. The Hall–Kier alpha value is -1.44. The van der Waals surface area contributed by atoms with Crippen LogP contribution < -0.4 is 4.72 Å². The van der Waals surface area contributed by atoms with Crippen LogP contribution in [0.1, 0.15) is 33.3 Å². The quantitative estimate of drug-likeness (QED) is 0.796. The molecule has 2 atom stereocenters. The van der Waals surface area contributed by atoms with Gasteiger partial charge in [0, 0.05) is 0 Å². The fourth-order valence-corrected chi connectivity index (χ4v) is 2.91. The molecular weight excluding hydrogens is 306 g/mol. The van der Waals surface area contributed by atoms with Gasteiger partial charge >= 0.3 is 5.97 Å². The lowest BCUT2D eigenvalue weighted by Gasteiger charge is -2.24. The van der Waals surface area contributed by atoms with Gasteiger partial charge in [0.1, 0.15) is 5.60 Å². The monoisotopic (exact) mass is 329 g/mol. The zero-order chi connectivity index (χ0) is 17.1. The minimum absolute atomic E-state index is 0.0707. The minimum atomic E-state index is -3.82. The molecule has 0 heterocycles. The topological polar surface area (TPSA) is 92.7 Å². The summed E-state index contributed by atoms with van der Waals surface area (Å²) in [6.45, 7) is 8.25. The van der Waals surface area contributed by atoms with Crippen molar-refractivity contribution in [3.63, 3.8) is 0 Å². The molecule has 1 rings (SSSR count). The Labute approximate surface area is 131 Å². The SMILES string of the molecule is Cc1ccc(S(=O)(=O)N[C@H](C)[C@@H](O)C(=O)OC(C)(C)C)cc1. The van der Waals surface area contributed by atoms with Crippen molar-refractivity contribution in [1.82, 2.24) is 4.72 Å². The average molecular weight is 329 g/mol. The highest BCUT2D eigenvalue weighted by molar-refractivity contribution is 7.89. The summed E-state index contributed by atoms with van der Waals surface area (Å²) in [6, 6.07) is 5.25. The second kappa shape index (κ2) is 6.76. The predicted octanol–water partition coefficient (Wildman–Crippen LogP) is 1.36. The van der Waals surface area contributed by atoms with E-state index in [1.54, 1.807) is 32.9 Å². The molecule has 0 saturated heterocycles. The summed E-state index contributed by atoms with van der Waals surface area (Å²) < 4.78 is 31.7. The molecule has 1 aromatic rings. The number of hydrogen-bond donors (Lipinski definition) is 2. The van der Waals surface area contributed by atoms with Crippen LogP contribution >= 0.6 is 0 Å². The van der Waals surface area contributed by atoms with Crippen LogP contribution in [-0.4, -0.2) is 37.2 Å². The molecule has 0 saturated carbocycles. The fraction of sp³-hybridized carbons (Fsp3) is 0.533. The maximum atomic E-state index is 12.2. The molecule has 0 aliphatic heterocycles. The van der Waals surface area contributed by atoms with E-state index in [4.69, 9.17) is 4.74 Å². The summed E-state index contributed by atoms with van der Waals surface area (Å²) in [4.78, 5) is 11.8. The standard InChI is InChI=1S/C15H23NO5S/c1-10-6-8-12(9-7-10)22(19,20)16-11(2)13(17)14(18)21-15(3,4)5/h6-9,11,13,16-17H,1-5H3/t11-,13-/m1/s1. The zero-order valence-corrected chi connectivity index (χ0v) is 14.3. The van der Waals surface area contributed by atoms with Crippen molar-refractivity contribution < 1.29 is 23.1 Å². The molecule has 0 amide bonds. The molecular formula is C15H23NO5S. The summed E-state index contributed by atoms with van der Waals surface area (Å²) in [5.74, 6) is -0.869. The van der Waals surface area contributed by atoms with E-state index in [1.807, 2.05) is 6.92 Å². The fourth-order valence-electron chi connectivity index (χ4n) is 1.66. The summed E-state index contributed by atoms with van der Waals surface area (Å²) >= 11 is 0. The number of hydrogen-bond acceptors (Lipinski definition) is 5. The molecule has 0 spiro atoms. The van der Waals surface area contributed by atoms with Crippen LogP contribution in [0.25, 0.3) is 0 Å². The third kappa shape index (κ3) is 5.40. The van der Waals surface area contributed by atoms with Gasteiger partial charge in [-0.15, -0.1) is 0 Å². The van der Waals surface area contributed by atoms with Gasteiger partial charge in [-0.1, -0.05) is 17.7 Å². The number of benzene rings is 1. The summed E-state index contributed by atoms with van der Waals surface area (Å²) in [5, 5.41) is 9.90. The maximum absolute atomic E-state index is 12.2. The number of ether oxygens (including phenoxy) is 1. The molecule has 0 aliphatic carbocycles. The normalized spacial score (nSPS) is 15.2. The lowest BCUT2D eigenvalue weighted by molar-refractivity contribution is -0.166. The molecule has 0 fully saturated rings. The van der Waals surface area contributed by atoms with E-state index in [1.165, 1.54) is 19.1 Å². The first-order chi connectivity index (χ1) is 9.92. The molecule has 6 nitrogen and oxygen atoms in total. The smallest absolute Gasteiger partial charge is 0.337 e. The summed E-state index contributed by atoms with van der Waals surface area (Å²) in [6.07, 6.45) is -1.58. The number of esters is 1. The minimum Gasteiger partial charge on any atom is -0.458 e. The highest BCUT2D eigenvalue weighted by atomic mass is 32.2. The number of carbonyl (C=O) groups is 1. The number of aliphatic hydroxyl groups excluding tert-OH is 1. The summed E-state index contributed by atoms with van der Waals surface area (Å²) in [7, 11) is -3.82. The van der Waals surface area contributed by atoms with Crippen molar-refractivity contribution in [2.75, 3.05) is 0 Å². The first-order valence-electron chi connectivity index (χ1n) is 6.92. The number of rotatable bonds is 5. The van der Waals surface area contributed by atoms with Gasteiger partial charge in [0.15, 0.2) is 6.10 Å². The van der Waals surface area contributed by atoms with Crippen molar-refractivity contribution in [2.24, 2.45) is 0 Å². The van der Waals surface area contributed by atoms with Crippen LogP contribution in [0.5, 0.6) is 0 Å². The molecule has 2 N–H and O–H groups in total. The molecule has 0 bridgehead atoms. The number of carbonyl (C=O) groups excluding carboxylic acids is 1. The van der Waals surface area contributed by atoms with E-state index in [0.29, 0.717) is 0 Å². The molecule has 22 heavy (non-hydrogen) atoms. The predicted molar refractivity (Wildman–Crippen MR) is 82.8 cm³/mol. The van der Waals surface area contributed by atoms with Crippen LogP contribution in [0, 0.1) is 6.92 Å². The molecule has 0 aliphatic rings. The third-order valence-electron chi connectivity index (χ3n) is 2.79. The first-order valence-corrected chi connectivity index (χ1v) is 8.40. The van der Waals surface area contributed by atoms with Crippen molar-refractivity contribution in [2.45, 2.75) is 57.3 Å². The van der Waals surface area contributed by atoms with Gasteiger partial charge in [0.2, 0.25) is 10.0 Å². The van der Waals surface area contributed by atoms with Crippen molar-refractivity contribution in [1.29, 1.82) is 0 Å². The van der Waals surface area contributed by atoms with Crippen molar-refractivity contribution in [3.05, 3.63) is 29.8 Å². The maximum Gasteiger partial charge on any atom is 0.337 e. The van der Waals surface area contributed by atoms with Crippen LogP contribution in [0.4, 0.5) is 0 Å². The van der Waals surface area contributed by atoms with Crippen molar-refractivity contribution in [3.8, 4) is 0 Å². The van der Waals surface area contributed by atoms with E-state index in [9.17, 15) is 18.3 Å². The van der Waals surface area contributed by atoms with Crippen LogP contribution in [0.3, 0.4) is 0 Å². The van der Waals surface area contributed by atoms with Gasteiger partial charge in [-0.25, -0.2) is 17.9 Å². The van der Waals surface area contributed by atoms with Gasteiger partial charge in [0.05, 0.1) is 10.9 Å². The van der Waals surface area contributed by atoms with Crippen LogP contribution in [0.15, 0.2) is 29.2 Å². The Bertz CT molecular complexity index is 616. The van der Waals surface area contributed by atoms with E-state index in [-0.39, 0.29) is 4.90 Å².